The molecule has 12 aliphatic heterocycles. The molecule has 19 atom stereocenters. The largest absolute Gasteiger partial charge is 0.392 e. The molecule has 9 fully saturated rings. The summed E-state index contributed by atoms with van der Waals surface area (Å²) >= 11 is 0. The van der Waals surface area contributed by atoms with E-state index in [9.17, 15) is 9.90 Å². The first-order valence-electron chi connectivity index (χ1n) is 20.1. The molecule has 13 bridgehead atoms. The van der Waals surface area contributed by atoms with E-state index in [1.807, 2.05) is 0 Å². The number of nitrogens with two attached hydrogens (primary N) is 1. The third-order valence-electron chi connectivity index (χ3n) is 14.2. The van der Waals surface area contributed by atoms with Gasteiger partial charge in [-0.2, -0.15) is 0 Å². The van der Waals surface area contributed by atoms with Gasteiger partial charge in [0.15, 0.2) is 5.79 Å². The average molecular weight is 729 g/mol. The lowest BCUT2D eigenvalue weighted by atomic mass is 9.79. The fraction of sp³-hybridized carbons (Fsp3) is 0.897. The summed E-state index contributed by atoms with van der Waals surface area (Å²) in [6.07, 6.45) is 3.31. The van der Waals surface area contributed by atoms with Gasteiger partial charge in [0.2, 0.25) is 5.72 Å². The van der Waals surface area contributed by atoms with Crippen LogP contribution in [0.25, 0.3) is 0 Å². The normalized spacial score (nSPS) is 54.3. The quantitative estimate of drug-likeness (QED) is 0.409. The molecule has 0 aliphatic carbocycles. The van der Waals surface area contributed by atoms with Crippen LogP contribution in [0.15, 0.2) is 17.1 Å². The van der Waals surface area contributed by atoms with Gasteiger partial charge in [0.1, 0.15) is 36.3 Å². The molecule has 0 aromatic carbocycles. The number of Topliss-reactive ketones (excluding diaryl/α,β-unsaturated/α-hetero) is 1. The van der Waals surface area contributed by atoms with E-state index in [1.165, 1.54) is 0 Å². The Morgan fingerprint density at radius 3 is 2.60 bits per heavy atom. The van der Waals surface area contributed by atoms with E-state index < -0.39 is 48.1 Å². The maximum Gasteiger partial charge on any atom is 0.214 e. The Kier molecular flexibility index (Phi) is 8.85. The van der Waals surface area contributed by atoms with Crippen LogP contribution in [0, 0.1) is 11.8 Å². The topological polar surface area (TPSA) is 159 Å². The Balaban J connectivity index is 1.09. The van der Waals surface area contributed by atoms with Crippen molar-refractivity contribution >= 4 is 11.5 Å². The van der Waals surface area contributed by atoms with Gasteiger partial charge in [0.05, 0.1) is 61.0 Å². The van der Waals surface area contributed by atoms with Crippen LogP contribution in [-0.2, 0) is 47.4 Å². The van der Waals surface area contributed by atoms with E-state index in [4.69, 9.17) is 53.4 Å². The summed E-state index contributed by atoms with van der Waals surface area (Å²) in [5.74, 6) is -0.949. The second kappa shape index (κ2) is 13.1. The lowest BCUT2D eigenvalue weighted by molar-refractivity contribution is -0.330. The van der Waals surface area contributed by atoms with Crippen molar-refractivity contribution in [2.45, 2.75) is 193 Å². The molecule has 2 spiro atoms. The number of ether oxygens (including phenoxy) is 9. The zero-order valence-corrected chi connectivity index (χ0v) is 30.5. The minimum Gasteiger partial charge on any atom is -0.392 e. The minimum atomic E-state index is -1.25. The number of carbonyl (C=O) groups excluding carboxylic acids is 1. The summed E-state index contributed by atoms with van der Waals surface area (Å²) in [7, 11) is 1.66. The highest BCUT2D eigenvalue weighted by atomic mass is 16.8. The summed E-state index contributed by atoms with van der Waals surface area (Å²) in [5.41, 5.74) is 6.64. The number of hydrogen-bond donors (Lipinski definition) is 2. The Labute approximate surface area is 305 Å². The van der Waals surface area contributed by atoms with Gasteiger partial charge in [-0.1, -0.05) is 13.5 Å². The van der Waals surface area contributed by atoms with Crippen molar-refractivity contribution in [3.05, 3.63) is 12.2 Å². The molecule has 12 rings (SSSR count). The highest BCUT2D eigenvalue weighted by Gasteiger charge is 2.73. The first kappa shape index (κ1) is 35.1. The number of aliphatic imine (C=N–C) groups is 1. The van der Waals surface area contributed by atoms with Crippen LogP contribution in [0.4, 0.5) is 0 Å². The van der Waals surface area contributed by atoms with E-state index in [2.05, 4.69) is 13.5 Å². The van der Waals surface area contributed by atoms with Crippen molar-refractivity contribution in [1.29, 1.82) is 0 Å². The number of methoxy groups -OCH3 is 1. The maximum absolute atomic E-state index is 14.1. The Morgan fingerprint density at radius 1 is 0.904 bits per heavy atom. The van der Waals surface area contributed by atoms with Crippen molar-refractivity contribution < 1.29 is 52.5 Å². The van der Waals surface area contributed by atoms with Crippen LogP contribution in [0.1, 0.15) is 90.4 Å². The van der Waals surface area contributed by atoms with Gasteiger partial charge in [0.25, 0.3) is 0 Å². The maximum atomic E-state index is 14.1. The highest BCUT2D eigenvalue weighted by Crippen LogP contribution is 2.58. The number of carbonyl (C=O) groups is 1. The molecule has 0 amide bonds. The van der Waals surface area contributed by atoms with E-state index >= 15 is 0 Å². The number of ketones is 1. The molecule has 6 unspecified atom stereocenters. The third-order valence-corrected chi connectivity index (χ3v) is 14.2. The fourth-order valence-corrected chi connectivity index (χ4v) is 11.8. The average Bonchev–Trinajstić information content (AvgIpc) is 3.78. The number of fused-ring (bicyclic) bond motifs is 5. The third kappa shape index (κ3) is 5.66. The number of rotatable bonds is 4. The number of aliphatic hydroxyl groups excluding tert-OH is 1. The van der Waals surface area contributed by atoms with Gasteiger partial charge < -0.3 is 53.5 Å². The Morgan fingerprint density at radius 2 is 1.75 bits per heavy atom. The van der Waals surface area contributed by atoms with Gasteiger partial charge in [-0.25, -0.2) is 0 Å². The standard InChI is InChI=1S/C39H56N2O11/c1-18-10-23-8-9-38-16-30-34(51-38)35-36(48-30)37(52-38)39-31(49-35)7-5-24(50-39)12-20(42)13-25-27(47-29(33(25)44-3)14-21(43)17-40)15-28-32(41-39)19(2)11-22(46-28)4-6-26(18)45-23/h19,21-31,33-37,43H,1,4-17,40H2,2-3H3/t19-,21+,22+,23+,24?,25+,26?,27?,28?,29?,30-,31+,33-,34+,35+,36-,37-,38+,39?/m1/s1. The fourth-order valence-electron chi connectivity index (χ4n) is 11.8. The molecule has 13 nitrogen and oxygen atoms in total. The van der Waals surface area contributed by atoms with Crippen molar-refractivity contribution in [1.82, 2.24) is 0 Å². The molecule has 12 aliphatic rings. The van der Waals surface area contributed by atoms with Crippen molar-refractivity contribution in [3.8, 4) is 0 Å². The molecule has 0 aromatic rings. The van der Waals surface area contributed by atoms with Crippen molar-refractivity contribution in [2.24, 2.45) is 22.6 Å². The Hall–Kier alpha value is -1.36. The van der Waals surface area contributed by atoms with Crippen LogP contribution in [0.5, 0.6) is 0 Å². The minimum absolute atomic E-state index is 0.0147. The predicted molar refractivity (Wildman–Crippen MR) is 184 cm³/mol. The van der Waals surface area contributed by atoms with E-state index in [-0.39, 0.29) is 91.9 Å². The number of nitrogens with zero attached hydrogens (tertiary/aromatic N) is 1. The van der Waals surface area contributed by atoms with E-state index in [1.54, 1.807) is 7.11 Å². The molecule has 9 saturated heterocycles. The first-order chi connectivity index (χ1) is 25.1. The number of aliphatic hydroxyl groups is 1. The van der Waals surface area contributed by atoms with Gasteiger partial charge in [-0.15, -0.1) is 0 Å². The summed E-state index contributed by atoms with van der Waals surface area (Å²) in [4.78, 5) is 19.8. The smallest absolute Gasteiger partial charge is 0.214 e. The van der Waals surface area contributed by atoms with E-state index in [0.29, 0.717) is 38.5 Å². The SMILES string of the molecule is C=C1C[C@@H]2CC[C@@]34C[C@H]5O[C@@H]6[C@@H](O[C@H]7CCC8CC(=O)C[C@H]9C(CC%10O[C@@H](CCC1O2)C[C@@H](C)C%10=NC7(O8)[C@@H]6O3)OC(C[C@H](O)CN)[C@@H]9OC)[C@H]5O4. The zero-order chi connectivity index (χ0) is 35.5. The summed E-state index contributed by atoms with van der Waals surface area (Å²) in [5, 5.41) is 10.6. The van der Waals surface area contributed by atoms with Crippen molar-refractivity contribution in [2.75, 3.05) is 13.7 Å². The molecular weight excluding hydrogens is 672 g/mol. The molecular formula is C39H56N2O11. The second-order valence-corrected chi connectivity index (χ2v) is 17.6. The lowest BCUT2D eigenvalue weighted by Gasteiger charge is -2.54. The molecule has 12 heterocycles. The van der Waals surface area contributed by atoms with Gasteiger partial charge >= 0.3 is 0 Å². The molecule has 3 N–H and O–H groups in total. The summed E-state index contributed by atoms with van der Waals surface area (Å²) in [6.45, 7) is 6.79. The van der Waals surface area contributed by atoms with Crippen LogP contribution in [0.2, 0.25) is 0 Å². The van der Waals surface area contributed by atoms with Gasteiger partial charge in [-0.05, 0) is 56.4 Å². The summed E-state index contributed by atoms with van der Waals surface area (Å²) < 4.78 is 61.8. The van der Waals surface area contributed by atoms with Crippen LogP contribution in [0.3, 0.4) is 0 Å². The molecule has 13 heteroatoms. The van der Waals surface area contributed by atoms with Gasteiger partial charge in [-0.3, -0.25) is 9.79 Å². The molecule has 0 radical (unpaired) electrons. The van der Waals surface area contributed by atoms with Gasteiger partial charge in [0, 0.05) is 63.8 Å². The molecule has 0 aromatic heterocycles. The second-order valence-electron chi connectivity index (χ2n) is 17.6. The Bertz CT molecular complexity index is 1460. The van der Waals surface area contributed by atoms with Crippen LogP contribution < -0.4 is 5.73 Å². The highest BCUT2D eigenvalue weighted by molar-refractivity contribution is 5.92. The first-order valence-corrected chi connectivity index (χ1v) is 20.1. The van der Waals surface area contributed by atoms with Crippen molar-refractivity contribution in [3.63, 3.8) is 0 Å². The number of hydrogen-bond acceptors (Lipinski definition) is 13. The predicted octanol–water partition coefficient (Wildman–Crippen LogP) is 2.66. The van der Waals surface area contributed by atoms with Crippen LogP contribution >= 0.6 is 0 Å². The molecule has 52 heavy (non-hydrogen) atoms. The monoisotopic (exact) mass is 728 g/mol. The molecule has 0 saturated carbocycles. The lowest BCUT2D eigenvalue weighted by Crippen LogP contribution is -2.70. The molecule has 288 valence electrons. The van der Waals surface area contributed by atoms with Crippen LogP contribution in [-0.4, -0.2) is 133 Å². The van der Waals surface area contributed by atoms with E-state index in [0.717, 1.165) is 43.4 Å². The zero-order valence-electron chi connectivity index (χ0n) is 30.5. The summed E-state index contributed by atoms with van der Waals surface area (Å²) in [6, 6.07) is 0.